The van der Waals surface area contributed by atoms with Crippen LogP contribution >= 0.6 is 0 Å². The molecule has 0 heterocycles. The summed E-state index contributed by atoms with van der Waals surface area (Å²) in [4.78, 5) is 25.8. The topological polar surface area (TPSA) is 74.6 Å². The Morgan fingerprint density at radius 1 is 0.870 bits per heavy atom. The Balaban J connectivity index is 1.75. The van der Waals surface area contributed by atoms with Crippen molar-refractivity contribution in [2.24, 2.45) is 34.5 Å². The van der Waals surface area contributed by atoms with Gasteiger partial charge in [-0.2, -0.15) is 0 Å². The van der Waals surface area contributed by atoms with E-state index < -0.39 is 6.10 Å². The zero-order valence-corrected chi connectivity index (χ0v) is 14.1. The van der Waals surface area contributed by atoms with E-state index in [-0.39, 0.29) is 52.2 Å². The van der Waals surface area contributed by atoms with Crippen molar-refractivity contribution in [1.82, 2.24) is 0 Å². The van der Waals surface area contributed by atoms with Gasteiger partial charge in [-0.25, -0.2) is 0 Å². The summed E-state index contributed by atoms with van der Waals surface area (Å²) >= 11 is 0. The van der Waals surface area contributed by atoms with Crippen molar-refractivity contribution in [3.05, 3.63) is 0 Å². The van der Waals surface area contributed by atoms with Gasteiger partial charge >= 0.3 is 0 Å². The van der Waals surface area contributed by atoms with E-state index in [1.165, 1.54) is 0 Å². The van der Waals surface area contributed by atoms with Gasteiger partial charge in [-0.1, -0.05) is 13.8 Å². The Bertz CT molecular complexity index is 558. The summed E-state index contributed by atoms with van der Waals surface area (Å²) in [6.07, 6.45) is 4.75. The third-order valence-electron chi connectivity index (χ3n) is 8.25. The highest BCUT2D eigenvalue weighted by Crippen LogP contribution is 2.64. The maximum absolute atomic E-state index is 12.9. The van der Waals surface area contributed by atoms with Crippen molar-refractivity contribution in [3.63, 3.8) is 0 Å². The van der Waals surface area contributed by atoms with Crippen LogP contribution in [0.5, 0.6) is 0 Å². The minimum Gasteiger partial charge on any atom is -0.393 e. The molecule has 128 valence electrons. The molecule has 8 atom stereocenters. The Labute approximate surface area is 137 Å². The van der Waals surface area contributed by atoms with Crippen LogP contribution in [-0.4, -0.2) is 34.0 Å². The summed E-state index contributed by atoms with van der Waals surface area (Å²) in [5, 5.41) is 20.4. The zero-order valence-electron chi connectivity index (χ0n) is 14.1. The van der Waals surface area contributed by atoms with E-state index in [4.69, 9.17) is 0 Å². The number of aliphatic hydroxyl groups is 2. The third-order valence-corrected chi connectivity index (χ3v) is 8.25. The van der Waals surface area contributed by atoms with Crippen molar-refractivity contribution in [1.29, 1.82) is 0 Å². The minimum atomic E-state index is -0.441. The number of fused-ring (bicyclic) bond motifs is 5. The molecule has 4 aliphatic rings. The van der Waals surface area contributed by atoms with Crippen LogP contribution in [0.15, 0.2) is 0 Å². The Morgan fingerprint density at radius 3 is 2.26 bits per heavy atom. The van der Waals surface area contributed by atoms with Crippen LogP contribution in [0.2, 0.25) is 0 Å². The van der Waals surface area contributed by atoms with Crippen molar-refractivity contribution in [3.8, 4) is 0 Å². The molecule has 4 rings (SSSR count). The number of hydrogen-bond acceptors (Lipinski definition) is 4. The molecule has 0 amide bonds. The molecule has 0 saturated heterocycles. The smallest absolute Gasteiger partial charge is 0.202 e. The van der Waals surface area contributed by atoms with E-state index in [0.29, 0.717) is 6.42 Å². The maximum atomic E-state index is 12.9. The summed E-state index contributed by atoms with van der Waals surface area (Å²) in [5.74, 6) is -0.536. The molecule has 4 saturated carbocycles. The molecule has 4 heteroatoms. The molecule has 6 unspecified atom stereocenters. The summed E-state index contributed by atoms with van der Waals surface area (Å²) < 4.78 is 0. The monoisotopic (exact) mass is 320 g/mol. The molecular weight excluding hydrogens is 292 g/mol. The molecule has 0 bridgehead atoms. The summed E-state index contributed by atoms with van der Waals surface area (Å²) in [6, 6.07) is 0. The van der Waals surface area contributed by atoms with Crippen molar-refractivity contribution in [2.45, 2.75) is 71.0 Å². The first-order chi connectivity index (χ1) is 10.8. The highest BCUT2D eigenvalue weighted by Gasteiger charge is 2.65. The molecule has 0 aliphatic heterocycles. The fourth-order valence-corrected chi connectivity index (χ4v) is 6.71. The Morgan fingerprint density at radius 2 is 1.52 bits per heavy atom. The largest absolute Gasteiger partial charge is 0.393 e. The second-order valence-corrected chi connectivity index (χ2v) is 9.09. The van der Waals surface area contributed by atoms with Crippen LogP contribution in [0, 0.1) is 34.5 Å². The van der Waals surface area contributed by atoms with Crippen LogP contribution in [0.25, 0.3) is 0 Å². The predicted molar refractivity (Wildman–Crippen MR) is 84.5 cm³/mol. The van der Waals surface area contributed by atoms with E-state index >= 15 is 0 Å². The van der Waals surface area contributed by atoms with Gasteiger partial charge in [0.1, 0.15) is 0 Å². The summed E-state index contributed by atoms with van der Waals surface area (Å²) in [7, 11) is 0. The standard InChI is InChI=1S/C19H28O4/c1-18-7-5-10(20)9-13(18)16(22)17(23)15-11-3-4-14(21)19(11,2)8-6-12(15)18/h10-15,20-21H,3-9H2,1-2H3/t10?,11?,12?,13?,14?,15?,18-,19+/m1/s1. The number of hydrogen-bond donors (Lipinski definition) is 2. The number of Topliss-reactive ketones (excluding diaryl/α,β-unsaturated/α-hetero) is 2. The second kappa shape index (κ2) is 4.89. The van der Waals surface area contributed by atoms with E-state index in [1.807, 2.05) is 0 Å². The second-order valence-electron chi connectivity index (χ2n) is 9.09. The molecular formula is C19H28O4. The van der Waals surface area contributed by atoms with Gasteiger partial charge in [0, 0.05) is 11.8 Å². The quantitative estimate of drug-likeness (QED) is 0.670. The molecule has 0 aromatic carbocycles. The van der Waals surface area contributed by atoms with E-state index in [2.05, 4.69) is 13.8 Å². The maximum Gasteiger partial charge on any atom is 0.202 e. The molecule has 4 fully saturated rings. The minimum absolute atomic E-state index is 0.149. The van der Waals surface area contributed by atoms with Crippen LogP contribution in [-0.2, 0) is 9.59 Å². The lowest BCUT2D eigenvalue weighted by Gasteiger charge is -2.58. The Kier molecular flexibility index (Phi) is 3.35. The average molecular weight is 320 g/mol. The van der Waals surface area contributed by atoms with Crippen LogP contribution < -0.4 is 0 Å². The van der Waals surface area contributed by atoms with E-state index in [9.17, 15) is 19.8 Å². The summed E-state index contributed by atoms with van der Waals surface area (Å²) in [5.41, 5.74) is -0.349. The molecule has 2 N–H and O–H groups in total. The first-order valence-electron chi connectivity index (χ1n) is 9.23. The lowest BCUT2D eigenvalue weighted by molar-refractivity contribution is -0.172. The molecule has 0 aromatic heterocycles. The van der Waals surface area contributed by atoms with Gasteiger partial charge in [-0.15, -0.1) is 0 Å². The highest BCUT2D eigenvalue weighted by atomic mass is 16.3. The van der Waals surface area contributed by atoms with Gasteiger partial charge in [0.05, 0.1) is 12.2 Å². The molecule has 4 aliphatic carbocycles. The zero-order chi connectivity index (χ0) is 16.6. The van der Waals surface area contributed by atoms with Gasteiger partial charge in [-0.3, -0.25) is 9.59 Å². The summed E-state index contributed by atoms with van der Waals surface area (Å²) in [6.45, 7) is 4.29. The van der Waals surface area contributed by atoms with Crippen LogP contribution in [0.4, 0.5) is 0 Å². The third kappa shape index (κ3) is 1.91. The molecule has 23 heavy (non-hydrogen) atoms. The number of carbonyl (C=O) groups is 2. The molecule has 0 aromatic rings. The number of ketones is 2. The highest BCUT2D eigenvalue weighted by molar-refractivity contribution is 6.39. The van der Waals surface area contributed by atoms with Crippen molar-refractivity contribution < 1.29 is 19.8 Å². The number of aliphatic hydroxyl groups excluding tert-OH is 2. The SMILES string of the molecule is C[C@]12CCC(O)CC1C(=O)C(=O)C1C2CC[C@]2(C)C(O)CCC12. The lowest BCUT2D eigenvalue weighted by Crippen LogP contribution is -2.61. The average Bonchev–Trinajstić information content (AvgIpc) is 2.82. The van der Waals surface area contributed by atoms with Crippen molar-refractivity contribution >= 4 is 11.6 Å². The van der Waals surface area contributed by atoms with Gasteiger partial charge in [-0.05, 0) is 67.6 Å². The predicted octanol–water partition coefficient (Wildman–Crippen LogP) is 2.11. The van der Waals surface area contributed by atoms with Crippen LogP contribution in [0.1, 0.15) is 58.8 Å². The molecule has 4 nitrogen and oxygen atoms in total. The number of carbonyl (C=O) groups excluding carboxylic acids is 2. The molecule has 0 spiro atoms. The van der Waals surface area contributed by atoms with Gasteiger partial charge in [0.2, 0.25) is 11.6 Å². The Hall–Kier alpha value is -0.740. The molecule has 0 radical (unpaired) electrons. The van der Waals surface area contributed by atoms with E-state index in [0.717, 1.165) is 38.5 Å². The fourth-order valence-electron chi connectivity index (χ4n) is 6.71. The van der Waals surface area contributed by atoms with Gasteiger partial charge < -0.3 is 10.2 Å². The van der Waals surface area contributed by atoms with Gasteiger partial charge in [0.25, 0.3) is 0 Å². The lowest BCUT2D eigenvalue weighted by atomic mass is 9.44. The first-order valence-corrected chi connectivity index (χ1v) is 9.23. The number of rotatable bonds is 0. The first kappa shape index (κ1) is 15.8. The van der Waals surface area contributed by atoms with Crippen LogP contribution in [0.3, 0.4) is 0 Å². The normalized spacial score (nSPS) is 56.0. The fraction of sp³-hybridized carbons (Fsp3) is 0.895. The van der Waals surface area contributed by atoms with E-state index in [1.54, 1.807) is 0 Å². The van der Waals surface area contributed by atoms with Crippen molar-refractivity contribution in [2.75, 3.05) is 0 Å². The van der Waals surface area contributed by atoms with Gasteiger partial charge in [0.15, 0.2) is 0 Å².